The fourth-order valence-corrected chi connectivity index (χ4v) is 9.39. The summed E-state index contributed by atoms with van der Waals surface area (Å²) >= 11 is 0. The van der Waals surface area contributed by atoms with Crippen molar-refractivity contribution in [3.63, 3.8) is 0 Å². The number of nitrogens with one attached hydrogen (secondary N) is 3. The fraction of sp³-hybridized carbons (Fsp3) is 0.877. The second-order valence-electron chi connectivity index (χ2n) is 19.7. The summed E-state index contributed by atoms with van der Waals surface area (Å²) < 4.78 is 0. The fourth-order valence-electron chi connectivity index (χ4n) is 9.39. The number of hydrogen-bond donors (Lipinski definition) is 3. The van der Waals surface area contributed by atoms with Crippen LogP contribution >= 0.6 is 0 Å². The van der Waals surface area contributed by atoms with Crippen LogP contribution in [0.15, 0.2) is 24.3 Å². The first kappa shape index (κ1) is 58.9. The molecule has 0 saturated heterocycles. The molecule has 0 aliphatic heterocycles. The summed E-state index contributed by atoms with van der Waals surface area (Å²) in [4.78, 5) is 40.5. The van der Waals surface area contributed by atoms with E-state index in [2.05, 4.69) is 61.0 Å². The monoisotopic (exact) mass is 882 g/mol. The minimum Gasteiger partial charge on any atom is -0.356 e. The lowest BCUT2D eigenvalue weighted by molar-refractivity contribution is -0.134. The Hall–Kier alpha value is -2.11. The van der Waals surface area contributed by atoms with Crippen LogP contribution in [0.3, 0.4) is 0 Å². The Labute approximate surface area is 392 Å². The molecular weight excluding hydrogens is 775 g/mol. The number of hydrogen-bond acceptors (Lipinski definition) is 3. The van der Waals surface area contributed by atoms with Gasteiger partial charge in [-0.05, 0) is 89.9 Å². The Morgan fingerprint density at radius 3 is 0.714 bits per heavy atom. The average Bonchev–Trinajstić information content (AvgIpc) is 3.29. The number of carbonyl (C=O) groups is 3. The molecular formula is C57H107N3O3. The van der Waals surface area contributed by atoms with E-state index in [1.807, 2.05) is 0 Å². The van der Waals surface area contributed by atoms with Crippen LogP contribution in [0.4, 0.5) is 0 Å². The lowest BCUT2D eigenvalue weighted by atomic mass is 9.74. The predicted molar refractivity (Wildman–Crippen MR) is 274 cm³/mol. The van der Waals surface area contributed by atoms with Gasteiger partial charge in [-0.25, -0.2) is 0 Å². The third kappa shape index (κ3) is 37.8. The van der Waals surface area contributed by atoms with Crippen molar-refractivity contribution in [2.75, 3.05) is 19.6 Å². The maximum Gasteiger partial charge on any atom is 0.223 e. The second-order valence-corrected chi connectivity index (χ2v) is 19.7. The molecule has 1 aliphatic carbocycles. The van der Waals surface area contributed by atoms with E-state index in [-0.39, 0.29) is 35.5 Å². The summed E-state index contributed by atoms with van der Waals surface area (Å²) in [7, 11) is 0. The summed E-state index contributed by atoms with van der Waals surface area (Å²) in [5, 5.41) is 9.59. The molecule has 3 amide bonds. The Bertz CT molecular complexity index is 1020. The maximum absolute atomic E-state index is 13.5. The highest BCUT2D eigenvalue weighted by molar-refractivity contribution is 5.86. The van der Waals surface area contributed by atoms with Crippen molar-refractivity contribution < 1.29 is 14.4 Å². The van der Waals surface area contributed by atoms with Crippen molar-refractivity contribution in [1.29, 1.82) is 0 Å². The number of unbranched alkanes of at least 4 members (excludes halogenated alkanes) is 33. The maximum atomic E-state index is 13.5. The summed E-state index contributed by atoms with van der Waals surface area (Å²) in [6, 6.07) is 0. The second kappa shape index (κ2) is 46.4. The molecule has 6 nitrogen and oxygen atoms in total. The minimum absolute atomic E-state index is 0.0287. The van der Waals surface area contributed by atoms with Crippen molar-refractivity contribution in [3.05, 3.63) is 24.3 Å². The standard InChI is InChI=1S/C57H107N3O3/c1-4-7-10-13-16-19-22-24-26-28-30-32-35-38-41-44-47-59-56(62)53-49-52(55(61)58-46-43-40-37-34-21-18-15-12-9-6-3)50-54(51-53)57(63)60-48-45-42-39-36-33-31-29-27-25-23-20-17-14-11-8-5-2/h24-27,52-54H,4-23,28-51H2,1-3H3,(H,58,61)(H,59,62)(H,60,63)/b26-24-,27-25-/t52?,53-,54+. The van der Waals surface area contributed by atoms with Gasteiger partial charge in [0.2, 0.25) is 17.7 Å². The van der Waals surface area contributed by atoms with Crippen LogP contribution in [0.1, 0.15) is 284 Å². The quantitative estimate of drug-likeness (QED) is 0.0420. The predicted octanol–water partition coefficient (Wildman–Crippen LogP) is 16.4. The largest absolute Gasteiger partial charge is 0.356 e. The van der Waals surface area contributed by atoms with Gasteiger partial charge in [-0.2, -0.15) is 0 Å². The van der Waals surface area contributed by atoms with Gasteiger partial charge in [0.25, 0.3) is 0 Å². The molecule has 0 heterocycles. The van der Waals surface area contributed by atoms with E-state index >= 15 is 0 Å². The Morgan fingerprint density at radius 1 is 0.302 bits per heavy atom. The van der Waals surface area contributed by atoms with Gasteiger partial charge >= 0.3 is 0 Å². The lowest BCUT2D eigenvalue weighted by Crippen LogP contribution is -2.45. The zero-order valence-corrected chi connectivity index (χ0v) is 42.4. The Kier molecular flexibility index (Phi) is 43.4. The molecule has 0 aromatic carbocycles. The molecule has 0 spiro atoms. The van der Waals surface area contributed by atoms with Gasteiger partial charge in [0.15, 0.2) is 0 Å². The molecule has 0 radical (unpaired) electrons. The minimum atomic E-state index is -0.290. The zero-order valence-electron chi connectivity index (χ0n) is 42.4. The van der Waals surface area contributed by atoms with E-state index in [1.54, 1.807) is 0 Å². The smallest absolute Gasteiger partial charge is 0.223 e. The van der Waals surface area contributed by atoms with Crippen LogP contribution in [-0.4, -0.2) is 37.4 Å². The lowest BCUT2D eigenvalue weighted by Gasteiger charge is -2.33. The molecule has 3 atom stereocenters. The molecule has 368 valence electrons. The van der Waals surface area contributed by atoms with Crippen LogP contribution in [0, 0.1) is 17.8 Å². The molecule has 0 aromatic rings. The topological polar surface area (TPSA) is 87.3 Å². The number of rotatable bonds is 46. The highest BCUT2D eigenvalue weighted by atomic mass is 16.2. The summed E-state index contributed by atoms with van der Waals surface area (Å²) in [5.74, 6) is -0.779. The van der Waals surface area contributed by atoms with E-state index < -0.39 is 0 Å². The average molecular weight is 883 g/mol. The van der Waals surface area contributed by atoms with Gasteiger partial charge in [0, 0.05) is 37.4 Å². The molecule has 1 rings (SSSR count). The summed E-state index contributed by atoms with van der Waals surface area (Å²) in [6.45, 7) is 8.86. The molecule has 3 N–H and O–H groups in total. The van der Waals surface area contributed by atoms with Crippen molar-refractivity contribution in [1.82, 2.24) is 16.0 Å². The zero-order chi connectivity index (χ0) is 45.5. The van der Waals surface area contributed by atoms with E-state index in [1.165, 1.54) is 205 Å². The first-order valence-corrected chi connectivity index (χ1v) is 28.2. The van der Waals surface area contributed by atoms with E-state index in [9.17, 15) is 14.4 Å². The number of amides is 3. The van der Waals surface area contributed by atoms with E-state index in [4.69, 9.17) is 0 Å². The summed E-state index contributed by atoms with van der Waals surface area (Å²) in [5.41, 5.74) is 0. The highest BCUT2D eigenvalue weighted by Gasteiger charge is 2.38. The third-order valence-corrected chi connectivity index (χ3v) is 13.6. The van der Waals surface area contributed by atoms with Gasteiger partial charge in [-0.15, -0.1) is 0 Å². The summed E-state index contributed by atoms with van der Waals surface area (Å²) in [6.07, 6.45) is 59.4. The molecule has 1 aliphatic rings. The van der Waals surface area contributed by atoms with Crippen molar-refractivity contribution in [2.24, 2.45) is 17.8 Å². The van der Waals surface area contributed by atoms with Crippen molar-refractivity contribution in [3.8, 4) is 0 Å². The molecule has 6 heteroatoms. The van der Waals surface area contributed by atoms with Crippen LogP contribution in [0.5, 0.6) is 0 Å². The van der Waals surface area contributed by atoms with Crippen molar-refractivity contribution >= 4 is 17.7 Å². The molecule has 63 heavy (non-hydrogen) atoms. The van der Waals surface area contributed by atoms with Gasteiger partial charge in [0.1, 0.15) is 0 Å². The van der Waals surface area contributed by atoms with Crippen LogP contribution in [0.25, 0.3) is 0 Å². The third-order valence-electron chi connectivity index (χ3n) is 13.6. The van der Waals surface area contributed by atoms with Crippen LogP contribution < -0.4 is 16.0 Å². The van der Waals surface area contributed by atoms with Crippen molar-refractivity contribution in [2.45, 2.75) is 284 Å². The van der Waals surface area contributed by atoms with Gasteiger partial charge < -0.3 is 16.0 Å². The van der Waals surface area contributed by atoms with E-state index in [0.717, 1.165) is 38.5 Å². The van der Waals surface area contributed by atoms with E-state index in [0.29, 0.717) is 38.9 Å². The van der Waals surface area contributed by atoms with Gasteiger partial charge in [0.05, 0.1) is 0 Å². The van der Waals surface area contributed by atoms with Gasteiger partial charge in [-0.3, -0.25) is 14.4 Å². The number of allylic oxidation sites excluding steroid dienone is 4. The SMILES string of the molecule is CCCCCCCC/C=C\CCCCCCCCNC(=O)[C@@H]1CC(C(=O)NCCCCCCCCCCCC)C[C@H](C(=O)NCCCCCCCC/C=C\CCCCCCCC)C1. The first-order valence-electron chi connectivity index (χ1n) is 28.2. The van der Waals surface area contributed by atoms with Gasteiger partial charge in [-0.1, -0.05) is 218 Å². The normalized spacial score (nSPS) is 16.6. The van der Waals surface area contributed by atoms with Crippen LogP contribution in [0.2, 0.25) is 0 Å². The molecule has 1 fully saturated rings. The molecule has 1 saturated carbocycles. The molecule has 0 aromatic heterocycles. The Balaban J connectivity index is 2.38. The Morgan fingerprint density at radius 2 is 0.492 bits per heavy atom. The van der Waals surface area contributed by atoms with Crippen LogP contribution in [-0.2, 0) is 14.4 Å². The first-order chi connectivity index (χ1) is 31.0. The molecule has 1 unspecified atom stereocenters. The molecule has 0 bridgehead atoms. The number of carbonyl (C=O) groups excluding carboxylic acids is 3. The highest BCUT2D eigenvalue weighted by Crippen LogP contribution is 2.34.